The molecule has 0 unspecified atom stereocenters. The van der Waals surface area contributed by atoms with Crippen LogP contribution in [0.4, 0.5) is 4.79 Å². The van der Waals surface area contributed by atoms with Gasteiger partial charge in [-0.3, -0.25) is 0 Å². The van der Waals surface area contributed by atoms with Crippen LogP contribution in [0.2, 0.25) is 0 Å². The quantitative estimate of drug-likeness (QED) is 0.729. The highest BCUT2D eigenvalue weighted by molar-refractivity contribution is 5.75. The van der Waals surface area contributed by atoms with Gasteiger partial charge in [-0.25, -0.2) is 4.79 Å². The maximum atomic E-state index is 11.9. The number of carbonyl (C=O) groups excluding carboxylic acids is 1. The summed E-state index contributed by atoms with van der Waals surface area (Å²) < 4.78 is 0. The molecular formula is C13H24N2O. The van der Waals surface area contributed by atoms with Crippen molar-refractivity contribution in [2.24, 2.45) is 11.8 Å². The summed E-state index contributed by atoms with van der Waals surface area (Å²) in [5, 5.41) is 3.04. The van der Waals surface area contributed by atoms with E-state index in [0.29, 0.717) is 0 Å². The van der Waals surface area contributed by atoms with Gasteiger partial charge in [0.25, 0.3) is 0 Å². The van der Waals surface area contributed by atoms with Gasteiger partial charge in [-0.15, -0.1) is 0 Å². The Labute approximate surface area is 98.6 Å². The van der Waals surface area contributed by atoms with E-state index in [1.54, 1.807) is 0 Å². The zero-order chi connectivity index (χ0) is 11.8. The number of piperidine rings is 1. The molecule has 1 N–H and O–H groups in total. The average Bonchev–Trinajstić information content (AvgIpc) is 2.98. The minimum Gasteiger partial charge on any atom is -0.333 e. The Balaban J connectivity index is 1.77. The Morgan fingerprint density at radius 3 is 2.00 bits per heavy atom. The van der Waals surface area contributed by atoms with Crippen molar-refractivity contribution in [3.05, 3.63) is 0 Å². The van der Waals surface area contributed by atoms with E-state index in [-0.39, 0.29) is 11.6 Å². The molecule has 0 aromatic carbocycles. The lowest BCUT2D eigenvalue weighted by atomic mass is 9.92. The molecule has 1 aliphatic carbocycles. The summed E-state index contributed by atoms with van der Waals surface area (Å²) in [5.74, 6) is 1.89. The van der Waals surface area contributed by atoms with E-state index in [2.05, 4.69) is 5.32 Å². The number of nitrogens with one attached hydrogen (secondary N) is 1. The molecule has 2 rings (SSSR count). The van der Waals surface area contributed by atoms with Gasteiger partial charge < -0.3 is 10.2 Å². The Kier molecular flexibility index (Phi) is 3.13. The summed E-state index contributed by atoms with van der Waals surface area (Å²) in [6, 6.07) is 0.113. The summed E-state index contributed by atoms with van der Waals surface area (Å²) >= 11 is 0. The van der Waals surface area contributed by atoms with E-state index in [9.17, 15) is 4.79 Å². The standard InChI is InChI=1S/C13H24N2O/c1-13(2,3)14-12(16)15-8-6-11(7-9-15)10-4-5-10/h10-11H,4-9H2,1-3H3,(H,14,16). The largest absolute Gasteiger partial charge is 0.333 e. The van der Waals surface area contributed by atoms with Crippen molar-refractivity contribution in [3.63, 3.8) is 0 Å². The maximum absolute atomic E-state index is 11.9. The molecule has 3 heteroatoms. The van der Waals surface area contributed by atoms with Gasteiger partial charge in [0, 0.05) is 18.6 Å². The lowest BCUT2D eigenvalue weighted by molar-refractivity contribution is 0.158. The molecule has 1 heterocycles. The fraction of sp³-hybridized carbons (Fsp3) is 0.923. The second-order valence-electron chi connectivity index (χ2n) is 6.34. The number of hydrogen-bond acceptors (Lipinski definition) is 1. The minimum atomic E-state index is -0.121. The molecule has 1 aliphatic heterocycles. The minimum absolute atomic E-state index is 0.113. The SMILES string of the molecule is CC(C)(C)NC(=O)N1CCC(C2CC2)CC1. The van der Waals surface area contributed by atoms with Crippen LogP contribution in [0.15, 0.2) is 0 Å². The first-order chi connectivity index (χ1) is 7.46. The molecule has 1 saturated heterocycles. The monoisotopic (exact) mass is 224 g/mol. The summed E-state index contributed by atoms with van der Waals surface area (Å²) in [4.78, 5) is 13.9. The van der Waals surface area contributed by atoms with Crippen molar-refractivity contribution in [1.82, 2.24) is 10.2 Å². The van der Waals surface area contributed by atoms with Crippen LogP contribution >= 0.6 is 0 Å². The molecule has 2 aliphatic rings. The first-order valence-electron chi connectivity index (χ1n) is 6.53. The van der Waals surface area contributed by atoms with Crippen LogP contribution in [-0.2, 0) is 0 Å². The summed E-state index contributed by atoms with van der Waals surface area (Å²) in [5.41, 5.74) is -0.121. The van der Waals surface area contributed by atoms with Crippen LogP contribution in [0.3, 0.4) is 0 Å². The molecule has 2 fully saturated rings. The topological polar surface area (TPSA) is 32.3 Å². The number of amides is 2. The second-order valence-corrected chi connectivity index (χ2v) is 6.34. The zero-order valence-corrected chi connectivity index (χ0v) is 10.8. The molecule has 0 atom stereocenters. The van der Waals surface area contributed by atoms with Gasteiger partial charge in [0.15, 0.2) is 0 Å². The number of hydrogen-bond donors (Lipinski definition) is 1. The van der Waals surface area contributed by atoms with Crippen LogP contribution in [0.1, 0.15) is 46.5 Å². The second kappa shape index (κ2) is 4.27. The summed E-state index contributed by atoms with van der Waals surface area (Å²) in [6.07, 6.45) is 5.28. The van der Waals surface area contributed by atoms with Gasteiger partial charge in [0.2, 0.25) is 0 Å². The molecular weight excluding hydrogens is 200 g/mol. The lowest BCUT2D eigenvalue weighted by Crippen LogP contribution is -2.50. The molecule has 92 valence electrons. The van der Waals surface area contributed by atoms with Crippen molar-refractivity contribution in [1.29, 1.82) is 0 Å². The molecule has 0 radical (unpaired) electrons. The predicted octanol–water partition coefficient (Wildman–Crippen LogP) is 2.62. The molecule has 16 heavy (non-hydrogen) atoms. The molecule has 0 aromatic heterocycles. The van der Waals surface area contributed by atoms with Gasteiger partial charge >= 0.3 is 6.03 Å². The highest BCUT2D eigenvalue weighted by Crippen LogP contribution is 2.41. The van der Waals surface area contributed by atoms with Crippen LogP contribution in [0.5, 0.6) is 0 Å². The van der Waals surface area contributed by atoms with E-state index in [4.69, 9.17) is 0 Å². The van der Waals surface area contributed by atoms with Gasteiger partial charge in [-0.1, -0.05) is 0 Å². The molecule has 2 amide bonds. The third kappa shape index (κ3) is 3.13. The number of carbonyl (C=O) groups is 1. The van der Waals surface area contributed by atoms with Crippen molar-refractivity contribution >= 4 is 6.03 Å². The number of urea groups is 1. The van der Waals surface area contributed by atoms with E-state index in [1.807, 2.05) is 25.7 Å². The Morgan fingerprint density at radius 2 is 1.56 bits per heavy atom. The Morgan fingerprint density at radius 1 is 1.06 bits per heavy atom. The first kappa shape index (κ1) is 11.7. The molecule has 0 aromatic rings. The van der Waals surface area contributed by atoms with Gasteiger partial charge in [0.05, 0.1) is 0 Å². The molecule has 3 nitrogen and oxygen atoms in total. The predicted molar refractivity (Wildman–Crippen MR) is 65.3 cm³/mol. The van der Waals surface area contributed by atoms with Crippen LogP contribution in [-0.4, -0.2) is 29.6 Å². The Hall–Kier alpha value is -0.730. The van der Waals surface area contributed by atoms with Crippen LogP contribution < -0.4 is 5.32 Å². The fourth-order valence-electron chi connectivity index (χ4n) is 2.54. The Bertz CT molecular complexity index is 258. The number of likely N-dealkylation sites (tertiary alicyclic amines) is 1. The van der Waals surface area contributed by atoms with Crippen molar-refractivity contribution < 1.29 is 4.79 Å². The van der Waals surface area contributed by atoms with Gasteiger partial charge in [-0.2, -0.15) is 0 Å². The van der Waals surface area contributed by atoms with Crippen molar-refractivity contribution in [2.45, 2.75) is 52.0 Å². The van der Waals surface area contributed by atoms with Crippen LogP contribution in [0.25, 0.3) is 0 Å². The maximum Gasteiger partial charge on any atom is 0.317 e. The first-order valence-corrected chi connectivity index (χ1v) is 6.53. The average molecular weight is 224 g/mol. The van der Waals surface area contributed by atoms with E-state index in [1.165, 1.54) is 25.7 Å². The highest BCUT2D eigenvalue weighted by Gasteiger charge is 2.34. The number of nitrogens with zero attached hydrogens (tertiary/aromatic N) is 1. The van der Waals surface area contributed by atoms with Crippen molar-refractivity contribution in [2.75, 3.05) is 13.1 Å². The van der Waals surface area contributed by atoms with E-state index >= 15 is 0 Å². The van der Waals surface area contributed by atoms with Crippen LogP contribution in [0, 0.1) is 11.8 Å². The smallest absolute Gasteiger partial charge is 0.317 e. The molecule has 1 saturated carbocycles. The zero-order valence-electron chi connectivity index (χ0n) is 10.8. The van der Waals surface area contributed by atoms with E-state index in [0.717, 1.165) is 24.9 Å². The summed E-state index contributed by atoms with van der Waals surface area (Å²) in [6.45, 7) is 7.98. The third-order valence-corrected chi connectivity index (χ3v) is 3.60. The fourth-order valence-corrected chi connectivity index (χ4v) is 2.54. The highest BCUT2D eigenvalue weighted by atomic mass is 16.2. The van der Waals surface area contributed by atoms with Gasteiger partial charge in [-0.05, 0) is 58.3 Å². The molecule has 0 spiro atoms. The third-order valence-electron chi connectivity index (χ3n) is 3.60. The normalized spacial score (nSPS) is 23.3. The van der Waals surface area contributed by atoms with Crippen molar-refractivity contribution in [3.8, 4) is 0 Å². The van der Waals surface area contributed by atoms with Gasteiger partial charge in [0.1, 0.15) is 0 Å². The number of rotatable bonds is 1. The van der Waals surface area contributed by atoms with E-state index < -0.39 is 0 Å². The summed E-state index contributed by atoms with van der Waals surface area (Å²) in [7, 11) is 0. The molecule has 0 bridgehead atoms. The lowest BCUT2D eigenvalue weighted by Gasteiger charge is -2.34.